The topological polar surface area (TPSA) is 84.9 Å². The molecular formula is C21H23ClN2O5S. The van der Waals surface area contributed by atoms with E-state index in [0.717, 1.165) is 5.56 Å². The number of nitrogens with one attached hydrogen (secondary N) is 1. The van der Waals surface area contributed by atoms with Crippen molar-refractivity contribution in [2.45, 2.75) is 30.8 Å². The second-order valence-corrected chi connectivity index (χ2v) is 9.76. The molecule has 2 aliphatic heterocycles. The minimum atomic E-state index is -3.79. The molecule has 160 valence electrons. The van der Waals surface area contributed by atoms with Gasteiger partial charge in [-0.15, -0.1) is 0 Å². The molecule has 2 atom stereocenters. The van der Waals surface area contributed by atoms with Gasteiger partial charge in [0.15, 0.2) is 0 Å². The average Bonchev–Trinajstić information content (AvgIpc) is 3.04. The second-order valence-electron chi connectivity index (χ2n) is 7.45. The van der Waals surface area contributed by atoms with Crippen molar-refractivity contribution in [1.82, 2.24) is 4.31 Å². The van der Waals surface area contributed by atoms with E-state index >= 15 is 0 Å². The van der Waals surface area contributed by atoms with Crippen LogP contribution in [0.4, 0.5) is 5.69 Å². The maximum atomic E-state index is 13.0. The summed E-state index contributed by atoms with van der Waals surface area (Å²) in [5.74, 6) is 0.392. The lowest BCUT2D eigenvalue weighted by Crippen LogP contribution is -2.40. The Morgan fingerprint density at radius 3 is 2.63 bits per heavy atom. The van der Waals surface area contributed by atoms with E-state index in [4.69, 9.17) is 21.1 Å². The molecule has 2 aromatic carbocycles. The summed E-state index contributed by atoms with van der Waals surface area (Å²) in [6.07, 6.45) is -0.0188. The molecule has 1 saturated heterocycles. The van der Waals surface area contributed by atoms with Crippen molar-refractivity contribution in [2.24, 2.45) is 0 Å². The molecule has 2 aliphatic rings. The standard InChI is InChI=1S/C21H23ClN2O5S/c1-13-14(2)29-20-16(13)4-3-5-17(20)21(25)23-15-6-7-18(22)19(12-15)30(26,27)24-8-10-28-11-9-24/h3-7,12-14H,8-11H2,1-2H3,(H,23,25)/t13-,14-/m0/s1. The van der Waals surface area contributed by atoms with Crippen LogP contribution >= 0.6 is 11.6 Å². The van der Waals surface area contributed by atoms with E-state index in [9.17, 15) is 13.2 Å². The number of rotatable bonds is 4. The van der Waals surface area contributed by atoms with Crippen LogP contribution in [0.2, 0.25) is 5.02 Å². The van der Waals surface area contributed by atoms with Crippen molar-refractivity contribution in [2.75, 3.05) is 31.6 Å². The van der Waals surface area contributed by atoms with E-state index in [1.165, 1.54) is 16.4 Å². The number of morpholine rings is 1. The number of amides is 1. The summed E-state index contributed by atoms with van der Waals surface area (Å²) < 4.78 is 38.4. The molecule has 7 nitrogen and oxygen atoms in total. The highest BCUT2D eigenvalue weighted by molar-refractivity contribution is 7.89. The largest absolute Gasteiger partial charge is 0.489 e. The van der Waals surface area contributed by atoms with Crippen LogP contribution < -0.4 is 10.1 Å². The Labute approximate surface area is 181 Å². The number of ether oxygens (including phenoxy) is 2. The molecule has 0 aromatic heterocycles. The number of benzene rings is 2. The van der Waals surface area contributed by atoms with Gasteiger partial charge in [-0.1, -0.05) is 30.7 Å². The highest BCUT2D eigenvalue weighted by Crippen LogP contribution is 2.40. The maximum absolute atomic E-state index is 13.0. The van der Waals surface area contributed by atoms with Crippen molar-refractivity contribution in [3.05, 3.63) is 52.5 Å². The number of carbonyl (C=O) groups excluding carboxylic acids is 1. The summed E-state index contributed by atoms with van der Waals surface area (Å²) in [6.45, 7) is 5.22. The molecular weight excluding hydrogens is 428 g/mol. The van der Waals surface area contributed by atoms with Crippen molar-refractivity contribution in [3.8, 4) is 5.75 Å². The molecule has 0 bridgehead atoms. The van der Waals surface area contributed by atoms with Gasteiger partial charge in [-0.2, -0.15) is 4.31 Å². The fourth-order valence-electron chi connectivity index (χ4n) is 3.67. The molecule has 0 unspecified atom stereocenters. The van der Waals surface area contributed by atoms with Crippen LogP contribution in [0.5, 0.6) is 5.75 Å². The monoisotopic (exact) mass is 450 g/mol. The smallest absolute Gasteiger partial charge is 0.259 e. The van der Waals surface area contributed by atoms with Crippen LogP contribution in [0.15, 0.2) is 41.3 Å². The molecule has 30 heavy (non-hydrogen) atoms. The molecule has 1 amide bonds. The molecule has 0 saturated carbocycles. The molecule has 1 fully saturated rings. The normalized spacial score (nSPS) is 21.7. The van der Waals surface area contributed by atoms with Crippen molar-refractivity contribution < 1.29 is 22.7 Å². The zero-order valence-electron chi connectivity index (χ0n) is 16.7. The van der Waals surface area contributed by atoms with Gasteiger partial charge in [0, 0.05) is 30.3 Å². The Morgan fingerprint density at radius 1 is 1.17 bits per heavy atom. The van der Waals surface area contributed by atoms with E-state index < -0.39 is 10.0 Å². The van der Waals surface area contributed by atoms with Crippen LogP contribution in [-0.2, 0) is 14.8 Å². The van der Waals surface area contributed by atoms with Crippen molar-refractivity contribution in [3.63, 3.8) is 0 Å². The molecule has 9 heteroatoms. The zero-order chi connectivity index (χ0) is 21.5. The minimum Gasteiger partial charge on any atom is -0.489 e. The lowest BCUT2D eigenvalue weighted by Gasteiger charge is -2.26. The van der Waals surface area contributed by atoms with Gasteiger partial charge in [0.2, 0.25) is 10.0 Å². The lowest BCUT2D eigenvalue weighted by atomic mass is 9.97. The molecule has 0 spiro atoms. The second kappa shape index (κ2) is 8.19. The van der Waals surface area contributed by atoms with Crippen LogP contribution in [0.3, 0.4) is 0 Å². The molecule has 0 aliphatic carbocycles. The Kier molecular flexibility index (Phi) is 5.76. The molecule has 4 rings (SSSR count). The molecule has 1 N–H and O–H groups in total. The first-order valence-electron chi connectivity index (χ1n) is 9.77. The number of halogens is 1. The summed E-state index contributed by atoms with van der Waals surface area (Å²) in [7, 11) is -3.79. The Hall–Kier alpha value is -2.13. The van der Waals surface area contributed by atoms with Crippen LogP contribution in [-0.4, -0.2) is 51.0 Å². The Balaban J connectivity index is 1.61. The van der Waals surface area contributed by atoms with Crippen molar-refractivity contribution in [1.29, 1.82) is 0 Å². The zero-order valence-corrected chi connectivity index (χ0v) is 18.3. The summed E-state index contributed by atoms with van der Waals surface area (Å²) in [5, 5.41) is 2.88. The fraction of sp³-hybridized carbons (Fsp3) is 0.381. The van der Waals surface area contributed by atoms with Gasteiger partial charge < -0.3 is 14.8 Å². The third kappa shape index (κ3) is 3.80. The highest BCUT2D eigenvalue weighted by atomic mass is 35.5. The SMILES string of the molecule is C[C@@H]1Oc2c(C(=O)Nc3ccc(Cl)c(S(=O)(=O)N4CCOCC4)c3)cccc2[C@H]1C. The van der Waals surface area contributed by atoms with E-state index in [2.05, 4.69) is 12.2 Å². The quantitative estimate of drug-likeness (QED) is 0.770. The third-order valence-corrected chi connectivity index (χ3v) is 7.95. The summed E-state index contributed by atoms with van der Waals surface area (Å²) in [5.41, 5.74) is 1.74. The minimum absolute atomic E-state index is 0.0188. The average molecular weight is 451 g/mol. The summed E-state index contributed by atoms with van der Waals surface area (Å²) >= 11 is 6.19. The van der Waals surface area contributed by atoms with E-state index in [-0.39, 0.29) is 40.9 Å². The molecule has 2 heterocycles. The Bertz CT molecular complexity index is 1080. The van der Waals surface area contributed by atoms with Crippen LogP contribution in [0.25, 0.3) is 0 Å². The molecule has 2 aromatic rings. The van der Waals surface area contributed by atoms with Gasteiger partial charge in [-0.05, 0) is 31.2 Å². The number of hydrogen-bond donors (Lipinski definition) is 1. The fourth-order valence-corrected chi connectivity index (χ4v) is 5.58. The van der Waals surface area contributed by atoms with E-state index in [1.54, 1.807) is 12.1 Å². The predicted molar refractivity (Wildman–Crippen MR) is 114 cm³/mol. The number of sulfonamides is 1. The first kappa shape index (κ1) is 21.1. The lowest BCUT2D eigenvalue weighted by molar-refractivity contribution is 0.0730. The van der Waals surface area contributed by atoms with Gasteiger partial charge in [-0.25, -0.2) is 8.42 Å². The third-order valence-electron chi connectivity index (χ3n) is 5.57. The van der Waals surface area contributed by atoms with Crippen LogP contribution in [0.1, 0.15) is 35.7 Å². The van der Waals surface area contributed by atoms with Gasteiger partial charge in [0.1, 0.15) is 16.7 Å². The first-order chi connectivity index (χ1) is 14.3. The van der Waals surface area contributed by atoms with E-state index in [0.29, 0.717) is 30.2 Å². The summed E-state index contributed by atoms with van der Waals surface area (Å²) in [4.78, 5) is 12.9. The number of carbonyl (C=O) groups is 1. The van der Waals surface area contributed by atoms with Gasteiger partial charge in [0.05, 0.1) is 23.8 Å². The molecule has 0 radical (unpaired) electrons. The number of para-hydroxylation sites is 1. The predicted octanol–water partition coefficient (Wildman–Crippen LogP) is 3.50. The number of fused-ring (bicyclic) bond motifs is 1. The number of hydrogen-bond acceptors (Lipinski definition) is 5. The van der Waals surface area contributed by atoms with E-state index in [1.807, 2.05) is 19.1 Å². The first-order valence-corrected chi connectivity index (χ1v) is 11.6. The van der Waals surface area contributed by atoms with Gasteiger partial charge in [0.25, 0.3) is 5.91 Å². The Morgan fingerprint density at radius 2 is 1.90 bits per heavy atom. The maximum Gasteiger partial charge on any atom is 0.259 e. The van der Waals surface area contributed by atoms with Crippen LogP contribution in [0, 0.1) is 0 Å². The van der Waals surface area contributed by atoms with Gasteiger partial charge >= 0.3 is 0 Å². The summed E-state index contributed by atoms with van der Waals surface area (Å²) in [6, 6.07) is 9.91. The number of anilines is 1. The van der Waals surface area contributed by atoms with Gasteiger partial charge in [-0.3, -0.25) is 4.79 Å². The van der Waals surface area contributed by atoms with Crippen molar-refractivity contribution >= 4 is 33.2 Å². The number of nitrogens with zero attached hydrogens (tertiary/aromatic N) is 1. The highest BCUT2D eigenvalue weighted by Gasteiger charge is 2.32.